The van der Waals surface area contributed by atoms with Gasteiger partial charge in [0.1, 0.15) is 23.7 Å². The number of nitrogens with zero attached hydrogens (tertiary/aromatic N) is 6. The molecule has 3 aromatic heterocycles. The highest BCUT2D eigenvalue weighted by atomic mass is 16.5. The van der Waals surface area contributed by atoms with Gasteiger partial charge in [-0.25, -0.2) is 0 Å². The van der Waals surface area contributed by atoms with Crippen LogP contribution in [0.3, 0.4) is 0 Å². The number of pyridine rings is 2. The Labute approximate surface area is 340 Å². The Morgan fingerprint density at radius 1 is 0.603 bits per heavy atom. The summed E-state index contributed by atoms with van der Waals surface area (Å²) in [5.74, 6) is 5.39. The van der Waals surface area contributed by atoms with E-state index in [2.05, 4.69) is 72.2 Å². The summed E-state index contributed by atoms with van der Waals surface area (Å²) in [7, 11) is 3.42. The van der Waals surface area contributed by atoms with E-state index in [1.165, 1.54) is 25.7 Å². The van der Waals surface area contributed by atoms with Crippen LogP contribution in [-0.4, -0.2) is 82.4 Å². The van der Waals surface area contributed by atoms with E-state index in [9.17, 15) is 0 Å². The SMILES string of the molecule is CC[C@H]1CN2CCC1C[C@@H]2[C@H](Oc1nnc(O[C@H](c2ccnc3ccc(OC)cc23)[C@H]2C[C@H]3CCN2C[C@H]3CC)c2ccccc12)c1ccnc2ccc(OC)cc12. The molecule has 12 rings (SSSR count). The first-order valence-electron chi connectivity index (χ1n) is 21.5. The van der Waals surface area contributed by atoms with Gasteiger partial charge < -0.3 is 18.9 Å². The van der Waals surface area contributed by atoms with Crippen molar-refractivity contribution in [3.63, 3.8) is 0 Å². The fourth-order valence-electron chi connectivity index (χ4n) is 11.1. The molecule has 3 unspecified atom stereocenters. The number of hydrogen-bond donors (Lipinski definition) is 0. The van der Waals surface area contributed by atoms with Crippen LogP contribution in [0.4, 0.5) is 0 Å². The second-order valence-electron chi connectivity index (χ2n) is 17.0. The third kappa shape index (κ3) is 6.58. The fourth-order valence-corrected chi connectivity index (χ4v) is 11.1. The van der Waals surface area contributed by atoms with Crippen molar-refractivity contribution in [3.8, 4) is 23.3 Å². The Hall–Kier alpha value is -5.06. The molecule has 6 aliphatic rings. The molecule has 6 saturated heterocycles. The van der Waals surface area contributed by atoms with Crippen LogP contribution < -0.4 is 18.9 Å². The topological polar surface area (TPSA) is 95.0 Å². The quantitative estimate of drug-likeness (QED) is 0.120. The van der Waals surface area contributed by atoms with E-state index in [4.69, 9.17) is 39.1 Å². The van der Waals surface area contributed by atoms with Crippen molar-refractivity contribution >= 4 is 32.6 Å². The molecular weight excluding hydrogens is 725 g/mol. The molecule has 58 heavy (non-hydrogen) atoms. The van der Waals surface area contributed by atoms with E-state index >= 15 is 0 Å². The smallest absolute Gasteiger partial charge is 0.242 e. The number of fused-ring (bicyclic) bond motifs is 9. The minimum absolute atomic E-state index is 0.180. The highest BCUT2D eigenvalue weighted by Crippen LogP contribution is 2.47. The molecule has 10 nitrogen and oxygen atoms in total. The molecule has 300 valence electrons. The molecule has 6 aromatic rings. The molecule has 3 aromatic carbocycles. The van der Waals surface area contributed by atoms with Crippen LogP contribution in [0.25, 0.3) is 32.6 Å². The second-order valence-corrected chi connectivity index (χ2v) is 17.0. The van der Waals surface area contributed by atoms with E-state index in [0.29, 0.717) is 35.4 Å². The summed E-state index contributed by atoms with van der Waals surface area (Å²) in [4.78, 5) is 14.8. The zero-order valence-electron chi connectivity index (χ0n) is 34.1. The summed E-state index contributed by atoms with van der Waals surface area (Å²) >= 11 is 0. The lowest BCUT2D eigenvalue weighted by atomic mass is 9.72. The average Bonchev–Trinajstić information content (AvgIpc) is 3.29. The van der Waals surface area contributed by atoms with Crippen molar-refractivity contribution in [1.82, 2.24) is 30.0 Å². The summed E-state index contributed by atoms with van der Waals surface area (Å²) < 4.78 is 26.0. The molecule has 0 aliphatic carbocycles. The molecule has 0 N–H and O–H groups in total. The maximum atomic E-state index is 7.30. The van der Waals surface area contributed by atoms with Crippen LogP contribution in [0.2, 0.25) is 0 Å². The van der Waals surface area contributed by atoms with Crippen molar-refractivity contribution in [2.45, 2.75) is 76.7 Å². The molecule has 0 radical (unpaired) electrons. The highest BCUT2D eigenvalue weighted by Gasteiger charge is 2.46. The maximum absolute atomic E-state index is 7.30. The first-order chi connectivity index (χ1) is 28.5. The van der Waals surface area contributed by atoms with E-state index in [1.54, 1.807) is 14.2 Å². The van der Waals surface area contributed by atoms with Crippen LogP contribution >= 0.6 is 0 Å². The molecule has 0 amide bonds. The molecule has 0 spiro atoms. The van der Waals surface area contributed by atoms with Gasteiger partial charge in [-0.15, -0.1) is 10.2 Å². The average molecular weight is 779 g/mol. The van der Waals surface area contributed by atoms with Gasteiger partial charge in [0.15, 0.2) is 0 Å². The molecular formula is C48H54N6O4. The van der Waals surface area contributed by atoms with Crippen LogP contribution in [0.1, 0.15) is 75.7 Å². The molecule has 6 fully saturated rings. The van der Waals surface area contributed by atoms with Crippen molar-refractivity contribution in [2.75, 3.05) is 40.4 Å². The number of ether oxygens (including phenoxy) is 4. The fraction of sp³-hybridized carbons (Fsp3) is 0.458. The first kappa shape index (κ1) is 37.2. The third-order valence-electron chi connectivity index (χ3n) is 14.3. The summed E-state index contributed by atoms with van der Waals surface area (Å²) in [6.45, 7) is 9.00. The van der Waals surface area contributed by atoms with Gasteiger partial charge in [0, 0.05) is 47.4 Å². The first-order valence-corrected chi connectivity index (χ1v) is 21.5. The van der Waals surface area contributed by atoms with E-state index in [0.717, 1.165) is 94.2 Å². The summed E-state index contributed by atoms with van der Waals surface area (Å²) in [6.07, 6.45) is 10.2. The Kier molecular flexibility index (Phi) is 10.0. The Morgan fingerprint density at radius 3 is 1.47 bits per heavy atom. The summed E-state index contributed by atoms with van der Waals surface area (Å²) in [5, 5.41) is 13.7. The van der Waals surface area contributed by atoms with Crippen molar-refractivity contribution in [3.05, 3.63) is 96.3 Å². The molecule has 0 saturated carbocycles. The zero-order chi connectivity index (χ0) is 39.3. The number of methoxy groups -OCH3 is 2. The third-order valence-corrected chi connectivity index (χ3v) is 14.3. The molecule has 10 heteroatoms. The van der Waals surface area contributed by atoms with Crippen LogP contribution in [0, 0.1) is 23.7 Å². The van der Waals surface area contributed by atoms with Gasteiger partial charge in [-0.1, -0.05) is 38.8 Å². The number of benzene rings is 3. The molecule has 4 bridgehead atoms. The number of rotatable bonds is 12. The number of hydrogen-bond acceptors (Lipinski definition) is 10. The van der Waals surface area contributed by atoms with E-state index in [-0.39, 0.29) is 24.3 Å². The lowest BCUT2D eigenvalue weighted by Gasteiger charge is -2.52. The highest BCUT2D eigenvalue weighted by molar-refractivity contribution is 5.91. The lowest BCUT2D eigenvalue weighted by Crippen LogP contribution is -2.56. The minimum atomic E-state index is -0.300. The van der Waals surface area contributed by atoms with Gasteiger partial charge in [-0.3, -0.25) is 19.8 Å². The Morgan fingerprint density at radius 2 is 1.07 bits per heavy atom. The van der Waals surface area contributed by atoms with E-state index < -0.39 is 0 Å². The van der Waals surface area contributed by atoms with Crippen LogP contribution in [-0.2, 0) is 0 Å². The standard InChI is InChI=1S/C48H54N6O4/c1-5-29-27-53-21-17-31(29)23-43(53)45(35-15-19-49-41-13-11-33(55-3)25-39(35)41)57-47-37-9-7-8-10-38(37)48(52-51-47)58-46(44-24-32-18-22-54(44)28-30(32)6-2)36-16-20-50-42-14-12-34(56-4)26-40(36)42/h7-16,19-20,25-26,29-32,43-46H,5-6,17-18,21-24,27-28H2,1-4H3/t29-,30+,31-,32?,43-,44-,45-,46-/m1/s1. The van der Waals surface area contributed by atoms with E-state index in [1.807, 2.05) is 36.7 Å². The van der Waals surface area contributed by atoms with Gasteiger partial charge in [0.25, 0.3) is 0 Å². The predicted molar refractivity (Wildman–Crippen MR) is 227 cm³/mol. The number of piperidine rings is 6. The molecule has 10 atom stereocenters. The Bertz CT molecular complexity index is 2280. The predicted octanol–water partition coefficient (Wildman–Crippen LogP) is 9.22. The van der Waals surface area contributed by atoms with Crippen molar-refractivity contribution in [1.29, 1.82) is 0 Å². The minimum Gasteiger partial charge on any atom is -0.497 e. The van der Waals surface area contributed by atoms with Gasteiger partial charge in [0.05, 0.1) is 48.1 Å². The summed E-state index contributed by atoms with van der Waals surface area (Å²) in [6, 6.07) is 25.1. The van der Waals surface area contributed by atoms with Crippen molar-refractivity contribution in [2.24, 2.45) is 23.7 Å². The normalized spacial score (nSPS) is 27.4. The van der Waals surface area contributed by atoms with Crippen LogP contribution in [0.15, 0.2) is 85.2 Å². The van der Waals surface area contributed by atoms with Gasteiger partial charge in [-0.05, 0) is 123 Å². The van der Waals surface area contributed by atoms with Crippen LogP contribution in [0.5, 0.6) is 23.3 Å². The lowest BCUT2D eigenvalue weighted by molar-refractivity contribution is -0.0505. The molecule has 6 aliphatic heterocycles. The van der Waals surface area contributed by atoms with Gasteiger partial charge in [-0.2, -0.15) is 0 Å². The van der Waals surface area contributed by atoms with Gasteiger partial charge >= 0.3 is 0 Å². The van der Waals surface area contributed by atoms with Gasteiger partial charge in [0.2, 0.25) is 11.8 Å². The number of aromatic nitrogens is 4. The maximum Gasteiger partial charge on any atom is 0.242 e. The summed E-state index contributed by atoms with van der Waals surface area (Å²) in [5.41, 5.74) is 4.01. The molecule has 9 heterocycles. The second kappa shape index (κ2) is 15.6. The largest absolute Gasteiger partial charge is 0.497 e. The zero-order valence-corrected chi connectivity index (χ0v) is 34.1. The monoisotopic (exact) mass is 778 g/mol. The van der Waals surface area contributed by atoms with Crippen molar-refractivity contribution < 1.29 is 18.9 Å². The Balaban J connectivity index is 1.06.